The first-order valence-electron chi connectivity index (χ1n) is 23.3. The molecular weight excluding hydrogens is 749 g/mol. The van der Waals surface area contributed by atoms with Crippen molar-refractivity contribution in [3.8, 4) is 11.1 Å². The van der Waals surface area contributed by atoms with Gasteiger partial charge in [-0.3, -0.25) is 9.69 Å². The van der Waals surface area contributed by atoms with Gasteiger partial charge in [0, 0.05) is 41.7 Å². The summed E-state index contributed by atoms with van der Waals surface area (Å²) in [5.41, 5.74) is 5.76. The Morgan fingerprint density at radius 1 is 0.817 bits per heavy atom. The van der Waals surface area contributed by atoms with E-state index in [-0.39, 0.29) is 53.8 Å². The summed E-state index contributed by atoms with van der Waals surface area (Å²) in [6, 6.07) is 25.0. The molecule has 9 heteroatoms. The first-order valence-corrected chi connectivity index (χ1v) is 23.3. The third-order valence-electron chi connectivity index (χ3n) is 15.2. The lowest BCUT2D eigenvalue weighted by Gasteiger charge is -2.56. The quantitative estimate of drug-likeness (QED) is 0.162. The molecule has 5 saturated carbocycles. The van der Waals surface area contributed by atoms with Gasteiger partial charge in [-0.25, -0.2) is 4.79 Å². The number of carbonyl (C=O) groups is 2. The van der Waals surface area contributed by atoms with Crippen LogP contribution in [0.4, 0.5) is 4.79 Å². The standard InChI is InChI=1S/C51H68N4O5/c1-32-45(30-55-43-12-8-6-9-38(43)21-22-44(55)47(57)53-50(2,3)4)59-48(60-46(32)39-15-13-33(31-56)14-16-39)40-19-17-37(18-20-40)42-11-7-5-10-41(42)29-52-49(58)54-51-26-34-23-35(27-51)25-36(24-34)28-51/h5,7,10-11,13-20,32,34-36,38,43-46,48,56H,6,8-9,12,21-31H2,1-4H3,(H,53,57)(H2,52,54,58)/t32-,34?,35?,36?,38+,43+,44+,45+,46+,48+,51?/m0/s1. The number of fused-ring (bicyclic) bond motifs is 1. The number of ether oxygens (including phenoxy) is 2. The molecule has 0 spiro atoms. The predicted octanol–water partition coefficient (Wildman–Crippen LogP) is 9.34. The highest BCUT2D eigenvalue weighted by atomic mass is 16.7. The summed E-state index contributed by atoms with van der Waals surface area (Å²) >= 11 is 0. The Balaban J connectivity index is 0.935. The molecule has 322 valence electrons. The van der Waals surface area contributed by atoms with Gasteiger partial charge >= 0.3 is 6.03 Å². The number of rotatable bonds is 10. The van der Waals surface area contributed by atoms with E-state index in [1.54, 1.807) is 0 Å². The molecule has 5 aliphatic carbocycles. The third-order valence-corrected chi connectivity index (χ3v) is 15.2. The third kappa shape index (κ3) is 8.93. The zero-order chi connectivity index (χ0) is 41.6. The number of carbonyl (C=O) groups excluding carboxylic acids is 2. The fraction of sp³-hybridized carbons (Fsp3) is 0.608. The first-order chi connectivity index (χ1) is 28.9. The molecule has 3 aromatic rings. The number of nitrogens with zero attached hydrogens (tertiary/aromatic N) is 1. The second kappa shape index (κ2) is 17.2. The van der Waals surface area contributed by atoms with Gasteiger partial charge in [-0.1, -0.05) is 92.6 Å². The van der Waals surface area contributed by atoms with Gasteiger partial charge in [0.25, 0.3) is 0 Å². The van der Waals surface area contributed by atoms with Gasteiger partial charge in [-0.2, -0.15) is 0 Å². The SMILES string of the molecule is C[C@H]1[C@@H](CN2[C@@H](C(=O)NC(C)(C)C)CC[C@H]3CCCC[C@H]32)O[C@@H](c2ccc(-c3ccccc3CNC(=O)NC34CC5CC(CC(C5)C3)C4)cc2)O[C@H]1c1ccc(CO)cc1. The van der Waals surface area contributed by atoms with E-state index < -0.39 is 6.29 Å². The molecule has 0 radical (unpaired) electrons. The van der Waals surface area contributed by atoms with Crippen molar-refractivity contribution in [2.75, 3.05) is 6.54 Å². The van der Waals surface area contributed by atoms with E-state index in [1.807, 2.05) is 18.2 Å². The smallest absolute Gasteiger partial charge is 0.315 e. The monoisotopic (exact) mass is 817 g/mol. The van der Waals surface area contributed by atoms with Gasteiger partial charge in [0.2, 0.25) is 5.91 Å². The van der Waals surface area contributed by atoms with Gasteiger partial charge in [0.15, 0.2) is 6.29 Å². The molecule has 0 unspecified atom stereocenters. The van der Waals surface area contributed by atoms with E-state index in [0.717, 1.165) is 89.7 Å². The zero-order valence-corrected chi connectivity index (χ0v) is 36.3. The number of nitrogens with one attached hydrogen (secondary N) is 3. The van der Waals surface area contributed by atoms with Crippen LogP contribution in [0.25, 0.3) is 11.1 Å². The summed E-state index contributed by atoms with van der Waals surface area (Å²) in [7, 11) is 0. The summed E-state index contributed by atoms with van der Waals surface area (Å²) in [6.07, 6.45) is 13.2. The highest BCUT2D eigenvalue weighted by Gasteiger charge is 2.52. The molecule has 7 fully saturated rings. The number of piperidine rings is 1. The first kappa shape index (κ1) is 41.6. The van der Waals surface area contributed by atoms with E-state index in [1.165, 1.54) is 38.5 Å². The number of hydrogen-bond acceptors (Lipinski definition) is 6. The molecule has 3 amide bonds. The van der Waals surface area contributed by atoms with E-state index in [4.69, 9.17) is 9.47 Å². The summed E-state index contributed by atoms with van der Waals surface area (Å²) in [4.78, 5) is 29.9. The highest BCUT2D eigenvalue weighted by Crippen LogP contribution is 2.55. The van der Waals surface area contributed by atoms with Crippen molar-refractivity contribution in [3.05, 3.63) is 95.1 Å². The van der Waals surface area contributed by atoms with Crippen molar-refractivity contribution in [1.82, 2.24) is 20.9 Å². The van der Waals surface area contributed by atoms with Crippen LogP contribution in [0.1, 0.15) is 139 Å². The second-order valence-corrected chi connectivity index (χ2v) is 20.7. The summed E-state index contributed by atoms with van der Waals surface area (Å²) < 4.78 is 13.9. The normalized spacial score (nSPS) is 33.8. The van der Waals surface area contributed by atoms with Gasteiger partial charge in [-0.05, 0) is 136 Å². The van der Waals surface area contributed by atoms with Crippen LogP contribution in [0.3, 0.4) is 0 Å². The number of aliphatic hydroxyl groups excluding tert-OH is 1. The van der Waals surface area contributed by atoms with Crippen LogP contribution in [0.2, 0.25) is 0 Å². The molecule has 10 rings (SSSR count). The summed E-state index contributed by atoms with van der Waals surface area (Å²) in [6.45, 7) is 9.50. The lowest BCUT2D eigenvalue weighted by molar-refractivity contribution is -0.278. The number of benzene rings is 3. The molecule has 4 N–H and O–H groups in total. The van der Waals surface area contributed by atoms with Crippen LogP contribution in [-0.2, 0) is 27.4 Å². The lowest BCUT2D eigenvalue weighted by atomic mass is 9.53. The number of urea groups is 1. The molecule has 2 saturated heterocycles. The minimum absolute atomic E-state index is 0.00811. The average molecular weight is 817 g/mol. The Labute approximate surface area is 357 Å². The molecule has 2 heterocycles. The maximum atomic E-state index is 14.0. The number of likely N-dealkylation sites (tertiary alicyclic amines) is 1. The van der Waals surface area contributed by atoms with Crippen LogP contribution in [0.5, 0.6) is 0 Å². The van der Waals surface area contributed by atoms with Crippen molar-refractivity contribution in [2.24, 2.45) is 29.6 Å². The van der Waals surface area contributed by atoms with Gasteiger partial charge < -0.3 is 30.5 Å². The Morgan fingerprint density at radius 3 is 2.17 bits per heavy atom. The zero-order valence-electron chi connectivity index (χ0n) is 36.3. The number of amides is 3. The van der Waals surface area contributed by atoms with Crippen LogP contribution in [0.15, 0.2) is 72.8 Å². The van der Waals surface area contributed by atoms with Crippen molar-refractivity contribution in [3.63, 3.8) is 0 Å². The molecule has 3 aromatic carbocycles. The fourth-order valence-electron chi connectivity index (χ4n) is 12.8. The largest absolute Gasteiger partial charge is 0.392 e. The highest BCUT2D eigenvalue weighted by molar-refractivity contribution is 5.82. The molecule has 2 aliphatic heterocycles. The Bertz CT molecular complexity index is 1940. The van der Waals surface area contributed by atoms with Crippen LogP contribution in [-0.4, -0.2) is 57.8 Å². The minimum Gasteiger partial charge on any atom is -0.392 e. The maximum absolute atomic E-state index is 14.0. The van der Waals surface area contributed by atoms with E-state index >= 15 is 0 Å². The van der Waals surface area contributed by atoms with E-state index in [0.29, 0.717) is 25.0 Å². The summed E-state index contributed by atoms with van der Waals surface area (Å²) in [5, 5.41) is 19.8. The van der Waals surface area contributed by atoms with Crippen molar-refractivity contribution < 1.29 is 24.2 Å². The van der Waals surface area contributed by atoms with Crippen molar-refractivity contribution >= 4 is 11.9 Å². The fourth-order valence-corrected chi connectivity index (χ4v) is 12.8. The van der Waals surface area contributed by atoms with Crippen molar-refractivity contribution in [2.45, 2.75) is 160 Å². The second-order valence-electron chi connectivity index (χ2n) is 20.7. The topological polar surface area (TPSA) is 112 Å². The average Bonchev–Trinajstić information content (AvgIpc) is 3.22. The van der Waals surface area contributed by atoms with Crippen LogP contribution >= 0.6 is 0 Å². The maximum Gasteiger partial charge on any atom is 0.315 e. The molecular formula is C51H68N4O5. The molecule has 60 heavy (non-hydrogen) atoms. The van der Waals surface area contributed by atoms with Gasteiger partial charge in [0.05, 0.1) is 24.9 Å². The van der Waals surface area contributed by atoms with Gasteiger partial charge in [0.1, 0.15) is 0 Å². The summed E-state index contributed by atoms with van der Waals surface area (Å²) in [5.74, 6) is 3.07. The molecule has 9 nitrogen and oxygen atoms in total. The molecule has 7 aliphatic rings. The van der Waals surface area contributed by atoms with E-state index in [9.17, 15) is 14.7 Å². The Morgan fingerprint density at radius 2 is 1.48 bits per heavy atom. The molecule has 0 aromatic heterocycles. The van der Waals surface area contributed by atoms with E-state index in [2.05, 4.69) is 103 Å². The molecule has 4 bridgehead atoms. The Hall–Kier alpha value is -3.76. The minimum atomic E-state index is -0.609. The number of aliphatic hydroxyl groups is 1. The molecule has 7 atom stereocenters. The van der Waals surface area contributed by atoms with Crippen molar-refractivity contribution in [1.29, 1.82) is 0 Å². The predicted molar refractivity (Wildman–Crippen MR) is 234 cm³/mol. The van der Waals surface area contributed by atoms with Gasteiger partial charge in [-0.15, -0.1) is 0 Å². The number of hydrogen-bond donors (Lipinski definition) is 4. The Kier molecular flexibility index (Phi) is 11.9. The van der Waals surface area contributed by atoms with Crippen LogP contribution in [0, 0.1) is 29.6 Å². The lowest BCUT2D eigenvalue weighted by Crippen LogP contribution is -2.61. The van der Waals surface area contributed by atoms with Crippen LogP contribution < -0.4 is 16.0 Å².